The van der Waals surface area contributed by atoms with Crippen LogP contribution in [0.1, 0.15) is 23.6 Å². The summed E-state index contributed by atoms with van der Waals surface area (Å²) in [5.41, 5.74) is 9.12. The predicted octanol–water partition coefficient (Wildman–Crippen LogP) is 4.38. The zero-order valence-electron chi connectivity index (χ0n) is 14.2. The van der Waals surface area contributed by atoms with E-state index in [9.17, 15) is 9.90 Å². The van der Waals surface area contributed by atoms with Gasteiger partial charge in [-0.2, -0.15) is 0 Å². The largest absolute Gasteiger partial charge is 0.508 e. The van der Waals surface area contributed by atoms with Crippen LogP contribution in [-0.4, -0.2) is 11.0 Å². The highest BCUT2D eigenvalue weighted by Gasteiger charge is 2.11. The monoisotopic (exact) mass is 357 g/mol. The SMILES string of the molecule is C=C/C(=C(/C)C(N)=O)c1ccc(OCc2ccc(O)cc2Cl)cc1C. The number of allylic oxidation sites excluding steroid dienone is 2. The zero-order valence-corrected chi connectivity index (χ0v) is 14.9. The number of halogens is 1. The highest BCUT2D eigenvalue weighted by atomic mass is 35.5. The van der Waals surface area contributed by atoms with Crippen molar-refractivity contribution in [2.75, 3.05) is 0 Å². The number of rotatable bonds is 6. The van der Waals surface area contributed by atoms with Gasteiger partial charge in [0.15, 0.2) is 0 Å². The molecule has 0 saturated heterocycles. The second kappa shape index (κ2) is 7.90. The van der Waals surface area contributed by atoms with Crippen molar-refractivity contribution in [2.45, 2.75) is 20.5 Å². The number of amides is 1. The van der Waals surface area contributed by atoms with Gasteiger partial charge in [0.2, 0.25) is 5.91 Å². The number of phenolic OH excluding ortho intramolecular Hbond substituents is 1. The van der Waals surface area contributed by atoms with E-state index in [4.69, 9.17) is 22.1 Å². The number of benzene rings is 2. The molecular weight excluding hydrogens is 338 g/mol. The Kier molecular flexibility index (Phi) is 5.88. The molecule has 0 unspecified atom stereocenters. The summed E-state index contributed by atoms with van der Waals surface area (Å²) in [5.74, 6) is 0.310. The van der Waals surface area contributed by atoms with Gasteiger partial charge >= 0.3 is 0 Å². The van der Waals surface area contributed by atoms with Gasteiger partial charge in [-0.05, 0) is 54.8 Å². The standard InChI is InChI=1S/C20H20ClNO3/c1-4-17(13(3)20(22)24)18-8-7-16(9-12(18)2)25-11-14-5-6-15(23)10-19(14)21/h4-10,23H,1,11H2,2-3H3,(H2,22,24)/b17-13+. The van der Waals surface area contributed by atoms with Gasteiger partial charge in [0.1, 0.15) is 18.1 Å². The van der Waals surface area contributed by atoms with E-state index in [1.54, 1.807) is 25.1 Å². The lowest BCUT2D eigenvalue weighted by Gasteiger charge is -2.13. The van der Waals surface area contributed by atoms with Crippen LogP contribution in [0.3, 0.4) is 0 Å². The Morgan fingerprint density at radius 3 is 2.60 bits per heavy atom. The molecule has 0 aliphatic heterocycles. The topological polar surface area (TPSA) is 72.6 Å². The summed E-state index contributed by atoms with van der Waals surface area (Å²) in [4.78, 5) is 11.4. The molecule has 4 nitrogen and oxygen atoms in total. The van der Waals surface area contributed by atoms with Crippen LogP contribution in [0.5, 0.6) is 11.5 Å². The number of hydrogen-bond donors (Lipinski definition) is 2. The van der Waals surface area contributed by atoms with Gasteiger partial charge in [-0.3, -0.25) is 4.79 Å². The molecule has 0 radical (unpaired) electrons. The van der Waals surface area contributed by atoms with Gasteiger partial charge in [0, 0.05) is 11.1 Å². The van der Waals surface area contributed by atoms with Crippen LogP contribution in [0.4, 0.5) is 0 Å². The van der Waals surface area contributed by atoms with Crippen LogP contribution in [0.2, 0.25) is 5.02 Å². The molecule has 3 N–H and O–H groups in total. The Balaban J connectivity index is 2.23. The minimum atomic E-state index is -0.475. The fourth-order valence-corrected chi connectivity index (χ4v) is 2.67. The average Bonchev–Trinajstić information content (AvgIpc) is 2.56. The van der Waals surface area contributed by atoms with Crippen LogP contribution in [-0.2, 0) is 11.4 Å². The molecule has 1 amide bonds. The van der Waals surface area contributed by atoms with Crippen LogP contribution in [0.25, 0.3) is 5.57 Å². The van der Waals surface area contributed by atoms with Gasteiger partial charge in [-0.25, -0.2) is 0 Å². The predicted molar refractivity (Wildman–Crippen MR) is 101 cm³/mol. The zero-order chi connectivity index (χ0) is 18.6. The number of primary amides is 1. The molecule has 0 fully saturated rings. The maximum Gasteiger partial charge on any atom is 0.244 e. The Labute approximate surface area is 152 Å². The van der Waals surface area contributed by atoms with Crippen molar-refractivity contribution < 1.29 is 14.6 Å². The third-order valence-electron chi connectivity index (χ3n) is 3.90. The molecular formula is C20H20ClNO3. The third kappa shape index (κ3) is 4.43. The van der Waals surface area contributed by atoms with Crippen LogP contribution in [0, 0.1) is 6.92 Å². The Morgan fingerprint density at radius 2 is 2.04 bits per heavy atom. The number of carbonyl (C=O) groups is 1. The summed E-state index contributed by atoms with van der Waals surface area (Å²) in [7, 11) is 0. The molecule has 2 aromatic rings. The fraction of sp³-hybridized carbons (Fsp3) is 0.150. The van der Waals surface area contributed by atoms with E-state index in [2.05, 4.69) is 6.58 Å². The smallest absolute Gasteiger partial charge is 0.244 e. The van der Waals surface area contributed by atoms with E-state index in [-0.39, 0.29) is 12.4 Å². The van der Waals surface area contributed by atoms with E-state index in [0.717, 1.165) is 16.7 Å². The number of nitrogens with two attached hydrogens (primary N) is 1. The minimum absolute atomic E-state index is 0.113. The van der Waals surface area contributed by atoms with Crippen LogP contribution >= 0.6 is 11.6 Å². The van der Waals surface area contributed by atoms with E-state index >= 15 is 0 Å². The molecule has 0 saturated carbocycles. The summed E-state index contributed by atoms with van der Waals surface area (Å²) >= 11 is 6.08. The highest BCUT2D eigenvalue weighted by molar-refractivity contribution is 6.31. The average molecular weight is 358 g/mol. The van der Waals surface area contributed by atoms with E-state index in [0.29, 0.717) is 21.9 Å². The molecule has 0 heterocycles. The van der Waals surface area contributed by atoms with Gasteiger partial charge in [-0.1, -0.05) is 36.4 Å². The molecule has 130 valence electrons. The maximum absolute atomic E-state index is 11.4. The summed E-state index contributed by atoms with van der Waals surface area (Å²) in [6.45, 7) is 7.65. The van der Waals surface area contributed by atoms with Crippen LogP contribution < -0.4 is 10.5 Å². The first-order chi connectivity index (χ1) is 11.8. The van der Waals surface area contributed by atoms with Crippen molar-refractivity contribution in [3.8, 4) is 11.5 Å². The van der Waals surface area contributed by atoms with Gasteiger partial charge < -0.3 is 15.6 Å². The molecule has 0 spiro atoms. The Hall–Kier alpha value is -2.72. The van der Waals surface area contributed by atoms with Gasteiger partial charge in [0.25, 0.3) is 0 Å². The molecule has 0 bridgehead atoms. The summed E-state index contributed by atoms with van der Waals surface area (Å²) in [6.07, 6.45) is 1.62. The molecule has 5 heteroatoms. The number of aromatic hydroxyl groups is 1. The fourth-order valence-electron chi connectivity index (χ4n) is 2.44. The van der Waals surface area contributed by atoms with Crippen molar-refractivity contribution in [2.24, 2.45) is 5.73 Å². The summed E-state index contributed by atoms with van der Waals surface area (Å²) < 4.78 is 5.77. The van der Waals surface area contributed by atoms with E-state index < -0.39 is 5.91 Å². The molecule has 0 aromatic heterocycles. The van der Waals surface area contributed by atoms with Gasteiger partial charge in [0.05, 0.1) is 5.02 Å². The number of carbonyl (C=O) groups excluding carboxylic acids is 1. The molecule has 0 atom stereocenters. The molecule has 0 aliphatic carbocycles. The number of aryl methyl sites for hydroxylation is 1. The van der Waals surface area contributed by atoms with E-state index in [1.807, 2.05) is 25.1 Å². The van der Waals surface area contributed by atoms with E-state index in [1.165, 1.54) is 6.07 Å². The van der Waals surface area contributed by atoms with Crippen molar-refractivity contribution in [1.82, 2.24) is 0 Å². The normalized spacial score (nSPS) is 11.6. The molecule has 2 rings (SSSR count). The second-order valence-corrected chi connectivity index (χ2v) is 6.06. The lowest BCUT2D eigenvalue weighted by molar-refractivity contribution is -0.114. The van der Waals surface area contributed by atoms with Crippen molar-refractivity contribution in [3.05, 3.63) is 76.3 Å². The Bertz CT molecular complexity index is 856. The quantitative estimate of drug-likeness (QED) is 0.595. The van der Waals surface area contributed by atoms with Crippen LogP contribution in [0.15, 0.2) is 54.6 Å². The summed E-state index contributed by atoms with van der Waals surface area (Å²) in [6, 6.07) is 10.3. The Morgan fingerprint density at radius 1 is 1.32 bits per heavy atom. The van der Waals surface area contributed by atoms with Crippen molar-refractivity contribution in [3.63, 3.8) is 0 Å². The molecule has 2 aromatic carbocycles. The van der Waals surface area contributed by atoms with Crippen molar-refractivity contribution in [1.29, 1.82) is 0 Å². The number of hydrogen-bond acceptors (Lipinski definition) is 3. The highest BCUT2D eigenvalue weighted by Crippen LogP contribution is 2.28. The molecule has 25 heavy (non-hydrogen) atoms. The van der Waals surface area contributed by atoms with Gasteiger partial charge in [-0.15, -0.1) is 0 Å². The third-order valence-corrected chi connectivity index (χ3v) is 4.25. The molecule has 0 aliphatic rings. The number of phenols is 1. The first kappa shape index (κ1) is 18.6. The lowest BCUT2D eigenvalue weighted by Crippen LogP contribution is -2.13. The van der Waals surface area contributed by atoms with Crippen molar-refractivity contribution >= 4 is 23.1 Å². The summed E-state index contributed by atoms with van der Waals surface area (Å²) in [5, 5.41) is 9.82. The maximum atomic E-state index is 11.4. The first-order valence-electron chi connectivity index (χ1n) is 7.67. The number of ether oxygens (including phenoxy) is 1. The first-order valence-corrected chi connectivity index (χ1v) is 8.05. The minimum Gasteiger partial charge on any atom is -0.508 e. The second-order valence-electron chi connectivity index (χ2n) is 5.65. The lowest BCUT2D eigenvalue weighted by atomic mass is 9.96.